The third kappa shape index (κ3) is 25.8. The second-order valence-corrected chi connectivity index (χ2v) is 14.6. The molecule has 1 saturated heterocycles. The lowest BCUT2D eigenvalue weighted by molar-refractivity contribution is 0.133. The molecular weight excluding hydrogens is 575 g/mol. The zero-order chi connectivity index (χ0) is 32.5. The highest BCUT2D eigenvalue weighted by molar-refractivity contribution is 7.51. The van der Waals surface area contributed by atoms with E-state index in [4.69, 9.17) is 9.05 Å². The van der Waals surface area contributed by atoms with Crippen LogP contribution >= 0.6 is 7.75 Å². The minimum Gasteiger partial charge on any atom is -0.318 e. The molecule has 2 N–H and O–H groups in total. The first-order valence-electron chi connectivity index (χ1n) is 19.1. The molecule has 0 saturated carbocycles. The lowest BCUT2D eigenvalue weighted by Gasteiger charge is -2.15. The third-order valence-corrected chi connectivity index (χ3v) is 10.2. The quantitative estimate of drug-likeness (QED) is 0.0432. The van der Waals surface area contributed by atoms with E-state index in [1.165, 1.54) is 116 Å². The average molecular weight is 649 g/mol. The molecule has 0 amide bonds. The van der Waals surface area contributed by atoms with Gasteiger partial charge in [0, 0.05) is 13.1 Å². The van der Waals surface area contributed by atoms with Crippen molar-refractivity contribution in [1.29, 1.82) is 0 Å². The van der Waals surface area contributed by atoms with E-state index < -0.39 is 7.75 Å². The predicted molar refractivity (Wildman–Crippen MR) is 198 cm³/mol. The van der Waals surface area contributed by atoms with Crippen molar-refractivity contribution in [2.45, 2.75) is 180 Å². The van der Waals surface area contributed by atoms with Gasteiger partial charge in [-0.15, -0.1) is 0 Å². The Balaban J connectivity index is 2.19. The van der Waals surface area contributed by atoms with Gasteiger partial charge >= 0.3 is 7.75 Å². The highest BCUT2D eigenvalue weighted by Crippen LogP contribution is 2.54. The molecule has 0 bridgehead atoms. The number of hydrogen-bond donors (Lipinski definition) is 2. The fourth-order valence-corrected chi connectivity index (χ4v) is 7.48. The zero-order valence-electron chi connectivity index (χ0n) is 29.8. The summed E-state index contributed by atoms with van der Waals surface area (Å²) in [6.07, 6.45) is 47.4. The van der Waals surface area contributed by atoms with E-state index in [1.54, 1.807) is 0 Å². The van der Waals surface area contributed by atoms with Crippen molar-refractivity contribution in [3.8, 4) is 0 Å². The summed E-state index contributed by atoms with van der Waals surface area (Å²) in [4.78, 5) is 0. The molecule has 1 fully saturated rings. The second kappa shape index (κ2) is 31.6. The van der Waals surface area contributed by atoms with Crippen molar-refractivity contribution < 1.29 is 13.6 Å². The molecule has 45 heavy (non-hydrogen) atoms. The van der Waals surface area contributed by atoms with Crippen LogP contribution in [-0.2, 0) is 13.6 Å². The summed E-state index contributed by atoms with van der Waals surface area (Å²) in [5.74, 6) is 0. The summed E-state index contributed by atoms with van der Waals surface area (Å²) < 4.78 is 25.4. The van der Waals surface area contributed by atoms with Gasteiger partial charge in [-0.2, -0.15) is 0 Å². The highest BCUT2D eigenvalue weighted by Gasteiger charge is 2.43. The van der Waals surface area contributed by atoms with Gasteiger partial charge in [-0.3, -0.25) is 9.05 Å². The van der Waals surface area contributed by atoms with Crippen LogP contribution in [-0.4, -0.2) is 32.3 Å². The first-order valence-corrected chi connectivity index (χ1v) is 20.7. The van der Waals surface area contributed by atoms with E-state index in [1.807, 2.05) is 7.05 Å². The fourth-order valence-electron chi connectivity index (χ4n) is 5.70. The van der Waals surface area contributed by atoms with Gasteiger partial charge in [-0.05, 0) is 84.1 Å². The van der Waals surface area contributed by atoms with Crippen LogP contribution in [0.4, 0.5) is 0 Å². The van der Waals surface area contributed by atoms with Gasteiger partial charge in [0.1, 0.15) is 0 Å². The Hall–Kier alpha value is -0.970. The number of hydrogen-bond acceptors (Lipinski definition) is 4. The summed E-state index contributed by atoms with van der Waals surface area (Å²) in [6.45, 7) is 5.83. The number of nitrogens with one attached hydrogen (secondary N) is 2. The van der Waals surface area contributed by atoms with Gasteiger partial charge in [-0.25, -0.2) is 9.65 Å². The number of rotatable bonds is 32. The van der Waals surface area contributed by atoms with E-state index >= 15 is 0 Å². The summed E-state index contributed by atoms with van der Waals surface area (Å²) in [5.41, 5.74) is 0. The standard InChI is InChI=1S/C39H73N2O3P/c1-4-6-8-10-12-14-16-18-20-22-24-26-28-30-32-34-38-39(44-45(42,43-38)41-37-36-40-3)35-33-31-29-27-25-23-21-19-17-15-13-11-9-7-5-2/h12-15,18-21,38-40H,4-11,16-17,22-37H2,1-3H3,(H,41,42). The molecule has 0 radical (unpaired) electrons. The van der Waals surface area contributed by atoms with Gasteiger partial charge in [0.2, 0.25) is 0 Å². The first kappa shape index (κ1) is 42.1. The molecule has 6 heteroatoms. The summed E-state index contributed by atoms with van der Waals surface area (Å²) in [7, 11) is -1.31. The Morgan fingerprint density at radius 3 is 1.29 bits per heavy atom. The van der Waals surface area contributed by atoms with Crippen molar-refractivity contribution in [1.82, 2.24) is 10.4 Å². The highest BCUT2D eigenvalue weighted by atomic mass is 31.2. The molecule has 1 aliphatic rings. The summed E-state index contributed by atoms with van der Waals surface area (Å²) >= 11 is 0. The Labute approximate surface area is 280 Å². The van der Waals surface area contributed by atoms with Gasteiger partial charge in [-0.1, -0.05) is 140 Å². The predicted octanol–water partition coefficient (Wildman–Crippen LogP) is 12.3. The van der Waals surface area contributed by atoms with Crippen LogP contribution in [0.5, 0.6) is 0 Å². The summed E-state index contributed by atoms with van der Waals surface area (Å²) in [5, 5.41) is 6.14. The molecule has 0 aromatic heterocycles. The van der Waals surface area contributed by atoms with E-state index in [0.717, 1.165) is 45.1 Å². The average Bonchev–Trinajstić information content (AvgIpc) is 3.36. The Bertz CT molecular complexity index is 752. The second-order valence-electron chi connectivity index (χ2n) is 12.8. The normalized spacial score (nSPS) is 20.7. The number of unbranched alkanes of at least 4 members (excludes halogenated alkanes) is 16. The molecular formula is C39H73N2O3P. The van der Waals surface area contributed by atoms with Gasteiger partial charge in [0.05, 0.1) is 12.2 Å². The molecule has 1 rings (SSSR count). The van der Waals surface area contributed by atoms with Gasteiger partial charge in [0.15, 0.2) is 0 Å². The molecule has 5 nitrogen and oxygen atoms in total. The van der Waals surface area contributed by atoms with Gasteiger partial charge < -0.3 is 5.32 Å². The molecule has 0 aliphatic carbocycles. The van der Waals surface area contributed by atoms with Crippen LogP contribution in [0.15, 0.2) is 48.6 Å². The summed E-state index contributed by atoms with van der Waals surface area (Å²) in [6, 6.07) is 0. The van der Waals surface area contributed by atoms with E-state index in [9.17, 15) is 4.57 Å². The zero-order valence-corrected chi connectivity index (χ0v) is 30.7. The van der Waals surface area contributed by atoms with Crippen LogP contribution in [0.25, 0.3) is 0 Å². The topological polar surface area (TPSA) is 59.6 Å². The lowest BCUT2D eigenvalue weighted by Crippen LogP contribution is -2.23. The van der Waals surface area contributed by atoms with Crippen LogP contribution < -0.4 is 10.4 Å². The van der Waals surface area contributed by atoms with Crippen LogP contribution in [0.1, 0.15) is 168 Å². The van der Waals surface area contributed by atoms with Gasteiger partial charge in [0.25, 0.3) is 0 Å². The molecule has 0 aromatic carbocycles. The Morgan fingerprint density at radius 2 is 0.889 bits per heavy atom. The number of allylic oxidation sites excluding steroid dienone is 8. The first-order chi connectivity index (χ1) is 22.1. The molecule has 1 aliphatic heterocycles. The van der Waals surface area contributed by atoms with Crippen LogP contribution in [0, 0.1) is 0 Å². The molecule has 2 unspecified atom stereocenters. The van der Waals surface area contributed by atoms with E-state index in [0.29, 0.717) is 6.54 Å². The minimum absolute atomic E-state index is 0.0540. The molecule has 0 aromatic rings. The lowest BCUT2D eigenvalue weighted by atomic mass is 9.99. The molecule has 0 spiro atoms. The van der Waals surface area contributed by atoms with Crippen molar-refractivity contribution in [2.24, 2.45) is 0 Å². The van der Waals surface area contributed by atoms with E-state index in [-0.39, 0.29) is 12.2 Å². The molecule has 2 atom stereocenters. The Morgan fingerprint density at radius 1 is 0.511 bits per heavy atom. The number of likely N-dealkylation sites (N-methyl/N-ethyl adjacent to an activating group) is 1. The van der Waals surface area contributed by atoms with Crippen molar-refractivity contribution in [3.05, 3.63) is 48.6 Å². The Kier molecular flexibility index (Phi) is 29.5. The van der Waals surface area contributed by atoms with Crippen molar-refractivity contribution in [3.63, 3.8) is 0 Å². The largest absolute Gasteiger partial charge is 0.406 e. The van der Waals surface area contributed by atoms with Crippen LogP contribution in [0.3, 0.4) is 0 Å². The third-order valence-electron chi connectivity index (χ3n) is 8.52. The monoisotopic (exact) mass is 649 g/mol. The maximum Gasteiger partial charge on any atom is 0.406 e. The fraction of sp³-hybridized carbons (Fsp3) is 0.795. The molecule has 262 valence electrons. The van der Waals surface area contributed by atoms with Crippen molar-refractivity contribution >= 4 is 7.75 Å². The van der Waals surface area contributed by atoms with Crippen molar-refractivity contribution in [2.75, 3.05) is 20.1 Å². The van der Waals surface area contributed by atoms with E-state index in [2.05, 4.69) is 72.9 Å². The maximum absolute atomic E-state index is 13.2. The SMILES string of the molecule is CCCCCC=CCC=CCCCCCCCC1OP(=O)(NCCNC)OC1CCCCCCCC=CCC=CCCCCC. The maximum atomic E-state index is 13.2. The minimum atomic E-state index is -3.21. The smallest absolute Gasteiger partial charge is 0.318 e. The van der Waals surface area contributed by atoms with Crippen LogP contribution in [0.2, 0.25) is 0 Å². The molecule has 1 heterocycles.